The Hall–Kier alpha value is -3.75. The number of carbonyl (C=O) groups is 1. The molecule has 0 bridgehead atoms. The van der Waals surface area contributed by atoms with Gasteiger partial charge >= 0.3 is 5.97 Å². The van der Waals surface area contributed by atoms with E-state index in [9.17, 15) is 9.90 Å². The number of halogens is 1. The summed E-state index contributed by atoms with van der Waals surface area (Å²) in [7, 11) is 0. The van der Waals surface area contributed by atoms with Gasteiger partial charge < -0.3 is 20.3 Å². The number of aliphatic carboxylic acids is 1. The molecule has 1 atom stereocenters. The molecule has 0 amide bonds. The monoisotopic (exact) mass is 506 g/mol. The quantitative estimate of drug-likeness (QED) is 0.286. The van der Waals surface area contributed by atoms with Crippen molar-refractivity contribution in [2.75, 3.05) is 11.9 Å². The molecule has 9 heteroatoms. The number of hydrogen-bond donors (Lipinski definition) is 3. The molecule has 8 nitrogen and oxygen atoms in total. The van der Waals surface area contributed by atoms with Crippen LogP contribution >= 0.6 is 11.6 Å². The number of rotatable bonds is 8. The van der Waals surface area contributed by atoms with E-state index in [0.29, 0.717) is 22.3 Å². The van der Waals surface area contributed by atoms with Gasteiger partial charge in [-0.25, -0.2) is 14.8 Å². The second-order valence-electron chi connectivity index (χ2n) is 9.09. The lowest BCUT2D eigenvalue weighted by Gasteiger charge is -2.20. The minimum Gasteiger partial charge on any atom is -0.482 e. The van der Waals surface area contributed by atoms with Crippen LogP contribution in [0.25, 0.3) is 22.0 Å². The minimum atomic E-state index is -1.12. The van der Waals surface area contributed by atoms with Gasteiger partial charge in [-0.3, -0.25) is 4.98 Å². The zero-order valence-electron chi connectivity index (χ0n) is 20.4. The van der Waals surface area contributed by atoms with Crippen LogP contribution in [-0.4, -0.2) is 37.7 Å². The number of hydrogen-bond acceptors (Lipinski definition) is 7. The van der Waals surface area contributed by atoms with Crippen molar-refractivity contribution in [3.05, 3.63) is 77.0 Å². The van der Waals surface area contributed by atoms with Crippen LogP contribution in [0.4, 0.5) is 5.69 Å². The number of benzene rings is 2. The number of carboxylic acids is 1. The number of nitrogens with one attached hydrogen (secondary N) is 1. The molecule has 0 unspecified atom stereocenters. The predicted octanol–water partition coefficient (Wildman–Crippen LogP) is 5.52. The number of nitrogens with zero attached hydrogens (tertiary/aromatic N) is 3. The number of anilines is 1. The fourth-order valence-corrected chi connectivity index (χ4v) is 3.99. The van der Waals surface area contributed by atoms with Crippen molar-refractivity contribution in [2.45, 2.75) is 39.3 Å². The van der Waals surface area contributed by atoms with Crippen LogP contribution in [0.2, 0.25) is 5.02 Å². The molecule has 2 aromatic heterocycles. The van der Waals surface area contributed by atoms with E-state index in [0.717, 1.165) is 33.3 Å². The Labute approximate surface area is 214 Å². The first-order valence-electron chi connectivity index (χ1n) is 11.4. The Morgan fingerprint density at radius 3 is 2.53 bits per heavy atom. The molecule has 36 heavy (non-hydrogen) atoms. The Kier molecular flexibility index (Phi) is 7.10. The average Bonchev–Trinajstić information content (AvgIpc) is 2.85. The first-order chi connectivity index (χ1) is 17.0. The molecular formula is C27H27ClN4O4. The molecule has 0 spiro atoms. The van der Waals surface area contributed by atoms with Crippen molar-refractivity contribution < 1.29 is 19.7 Å². The fourth-order valence-electron chi connectivity index (χ4n) is 3.79. The van der Waals surface area contributed by atoms with Crippen LogP contribution in [0, 0.1) is 6.92 Å². The van der Waals surface area contributed by atoms with Gasteiger partial charge in [-0.2, -0.15) is 0 Å². The van der Waals surface area contributed by atoms with Crippen LogP contribution in [0.5, 0.6) is 5.75 Å². The highest BCUT2D eigenvalue weighted by Gasteiger charge is 2.20. The number of aromatic nitrogens is 3. The molecule has 0 aliphatic carbocycles. The molecule has 2 aromatic carbocycles. The highest BCUT2D eigenvalue weighted by atomic mass is 35.5. The number of pyridine rings is 1. The zero-order chi connectivity index (χ0) is 26.0. The molecule has 2 heterocycles. The average molecular weight is 507 g/mol. The normalized spacial score (nSPS) is 12.4. The molecule has 4 aromatic rings. The molecular weight excluding hydrogens is 480 g/mol. The SMILES string of the molecule is Cc1nc2ccc(-c3cnc(C(C)(C)O)nc3)cc2c(N[C@H](C)c2cccc(OCC(=O)O)c2)c1Cl. The Morgan fingerprint density at radius 2 is 1.86 bits per heavy atom. The summed E-state index contributed by atoms with van der Waals surface area (Å²) >= 11 is 6.72. The minimum absolute atomic E-state index is 0.168. The van der Waals surface area contributed by atoms with Crippen LogP contribution in [0.3, 0.4) is 0 Å². The van der Waals surface area contributed by atoms with Crippen LogP contribution in [-0.2, 0) is 10.4 Å². The summed E-state index contributed by atoms with van der Waals surface area (Å²) in [6.45, 7) is 6.72. The third-order valence-corrected chi connectivity index (χ3v) is 6.17. The Morgan fingerprint density at radius 1 is 1.14 bits per heavy atom. The second-order valence-corrected chi connectivity index (χ2v) is 9.47. The summed E-state index contributed by atoms with van der Waals surface area (Å²) in [4.78, 5) is 24.1. The lowest BCUT2D eigenvalue weighted by atomic mass is 10.0. The second kappa shape index (κ2) is 10.1. The maximum Gasteiger partial charge on any atom is 0.341 e. The smallest absolute Gasteiger partial charge is 0.341 e. The van der Waals surface area contributed by atoms with E-state index in [2.05, 4.69) is 20.3 Å². The summed E-state index contributed by atoms with van der Waals surface area (Å²) in [5.74, 6) is -0.215. The molecule has 0 saturated carbocycles. The van der Waals surface area contributed by atoms with Gasteiger partial charge in [0.2, 0.25) is 0 Å². The number of carboxylic acid groups (broad SMARTS) is 1. The van der Waals surface area contributed by atoms with Crippen molar-refractivity contribution in [2.24, 2.45) is 0 Å². The first-order valence-corrected chi connectivity index (χ1v) is 11.8. The largest absolute Gasteiger partial charge is 0.482 e. The predicted molar refractivity (Wildman–Crippen MR) is 139 cm³/mol. The van der Waals surface area contributed by atoms with E-state index in [1.807, 2.05) is 44.2 Å². The van der Waals surface area contributed by atoms with Crippen molar-refractivity contribution in [1.29, 1.82) is 0 Å². The third-order valence-electron chi connectivity index (χ3n) is 5.70. The van der Waals surface area contributed by atoms with Gasteiger partial charge in [-0.1, -0.05) is 29.8 Å². The fraction of sp³-hybridized carbons (Fsp3) is 0.259. The Balaban J connectivity index is 1.70. The van der Waals surface area contributed by atoms with Crippen molar-refractivity contribution in [1.82, 2.24) is 15.0 Å². The van der Waals surface area contributed by atoms with E-state index in [4.69, 9.17) is 21.4 Å². The van der Waals surface area contributed by atoms with E-state index in [1.54, 1.807) is 38.4 Å². The van der Waals surface area contributed by atoms with E-state index in [1.165, 1.54) is 0 Å². The third kappa shape index (κ3) is 5.56. The maximum absolute atomic E-state index is 10.8. The van der Waals surface area contributed by atoms with Crippen molar-refractivity contribution in [3.8, 4) is 16.9 Å². The highest BCUT2D eigenvalue weighted by Crippen LogP contribution is 2.37. The summed E-state index contributed by atoms with van der Waals surface area (Å²) < 4.78 is 5.32. The lowest BCUT2D eigenvalue weighted by molar-refractivity contribution is -0.139. The standard InChI is InChI=1S/C27H27ClN4O4/c1-15(17-6-5-7-20(10-17)36-14-23(33)34)32-25-21-11-18(8-9-22(21)31-16(2)24(25)28)19-12-29-26(30-13-19)27(3,4)35/h5-13,15,35H,14H2,1-4H3,(H,31,32)(H,33,34)/t15-/m1/s1. The van der Waals surface area contributed by atoms with Crippen molar-refractivity contribution >= 4 is 34.2 Å². The lowest BCUT2D eigenvalue weighted by Crippen LogP contribution is -2.19. The molecule has 0 aliphatic rings. The van der Waals surface area contributed by atoms with Gasteiger partial charge in [0.05, 0.1) is 21.9 Å². The summed E-state index contributed by atoms with van der Waals surface area (Å²) in [6, 6.07) is 13.0. The molecule has 0 saturated heterocycles. The molecule has 0 fully saturated rings. The molecule has 0 aliphatic heterocycles. The highest BCUT2D eigenvalue weighted by molar-refractivity contribution is 6.35. The van der Waals surface area contributed by atoms with E-state index < -0.39 is 18.2 Å². The number of ether oxygens (including phenoxy) is 1. The van der Waals surface area contributed by atoms with Gasteiger partial charge in [0, 0.05) is 29.4 Å². The first kappa shape index (κ1) is 25.3. The summed E-state index contributed by atoms with van der Waals surface area (Å²) in [5, 5.41) is 23.9. The van der Waals surface area contributed by atoms with Gasteiger partial charge in [-0.05, 0) is 63.1 Å². The zero-order valence-corrected chi connectivity index (χ0v) is 21.2. The van der Waals surface area contributed by atoms with Crippen LogP contribution in [0.1, 0.15) is 43.9 Å². The number of aliphatic hydroxyl groups is 1. The topological polar surface area (TPSA) is 117 Å². The van der Waals surface area contributed by atoms with E-state index in [-0.39, 0.29) is 6.04 Å². The van der Waals surface area contributed by atoms with Gasteiger partial charge in [0.15, 0.2) is 12.4 Å². The van der Waals surface area contributed by atoms with Gasteiger partial charge in [0.25, 0.3) is 0 Å². The van der Waals surface area contributed by atoms with Crippen LogP contribution in [0.15, 0.2) is 54.9 Å². The van der Waals surface area contributed by atoms with Gasteiger partial charge in [0.1, 0.15) is 11.4 Å². The molecule has 186 valence electrons. The van der Waals surface area contributed by atoms with E-state index >= 15 is 0 Å². The summed E-state index contributed by atoms with van der Waals surface area (Å²) in [5.41, 5.74) is 3.67. The van der Waals surface area contributed by atoms with Crippen molar-refractivity contribution in [3.63, 3.8) is 0 Å². The van der Waals surface area contributed by atoms with Gasteiger partial charge in [-0.15, -0.1) is 0 Å². The van der Waals surface area contributed by atoms with Crippen LogP contribution < -0.4 is 10.1 Å². The number of aryl methyl sites for hydroxylation is 1. The number of fused-ring (bicyclic) bond motifs is 1. The summed E-state index contributed by atoms with van der Waals surface area (Å²) in [6.07, 6.45) is 3.37. The molecule has 4 rings (SSSR count). The molecule has 0 radical (unpaired) electrons. The molecule has 3 N–H and O–H groups in total. The maximum atomic E-state index is 10.8. The Bertz CT molecular complexity index is 1420.